The van der Waals surface area contributed by atoms with E-state index in [4.69, 9.17) is 4.52 Å². The Balaban J connectivity index is 1.32. The van der Waals surface area contributed by atoms with E-state index in [0.717, 1.165) is 43.7 Å². The van der Waals surface area contributed by atoms with E-state index in [9.17, 15) is 4.79 Å². The predicted molar refractivity (Wildman–Crippen MR) is 88.1 cm³/mol. The number of nitrogens with zero attached hydrogens (tertiary/aromatic N) is 3. The first kappa shape index (κ1) is 14.9. The lowest BCUT2D eigenvalue weighted by molar-refractivity contribution is -0.150. The van der Waals surface area contributed by atoms with Gasteiger partial charge in [-0.2, -0.15) is 4.98 Å². The quantitative estimate of drug-likeness (QED) is 0.836. The maximum atomic E-state index is 13.3. The normalized spacial score (nSPS) is 41.0. The van der Waals surface area contributed by atoms with E-state index in [1.54, 1.807) is 0 Å². The van der Waals surface area contributed by atoms with Crippen molar-refractivity contribution in [3.05, 3.63) is 11.7 Å². The summed E-state index contributed by atoms with van der Waals surface area (Å²) >= 11 is 0. The highest BCUT2D eigenvalue weighted by Gasteiger charge is 2.51. The fraction of sp³-hybridized carbons (Fsp3) is 0.842. The van der Waals surface area contributed by atoms with Gasteiger partial charge in [-0.25, -0.2) is 0 Å². The monoisotopic (exact) mass is 329 g/mol. The molecule has 0 aromatic carbocycles. The van der Waals surface area contributed by atoms with Crippen LogP contribution in [0.15, 0.2) is 4.52 Å². The minimum atomic E-state index is 0.223. The van der Waals surface area contributed by atoms with E-state index in [1.165, 1.54) is 32.1 Å². The summed E-state index contributed by atoms with van der Waals surface area (Å²) in [6.07, 6.45) is 8.77. The fourth-order valence-electron chi connectivity index (χ4n) is 6.40. The Morgan fingerprint density at radius 2 is 1.83 bits per heavy atom. The van der Waals surface area contributed by atoms with Crippen LogP contribution in [-0.4, -0.2) is 34.0 Å². The van der Waals surface area contributed by atoms with Crippen LogP contribution in [0.2, 0.25) is 0 Å². The zero-order valence-corrected chi connectivity index (χ0v) is 14.5. The highest BCUT2D eigenvalue weighted by Crippen LogP contribution is 2.57. The lowest BCUT2D eigenvalue weighted by Gasteiger charge is -2.54. The van der Waals surface area contributed by atoms with Gasteiger partial charge in [-0.05, 0) is 75.5 Å². The van der Waals surface area contributed by atoms with Crippen LogP contribution in [0.25, 0.3) is 0 Å². The van der Waals surface area contributed by atoms with Gasteiger partial charge in [0.15, 0.2) is 5.82 Å². The number of likely N-dealkylation sites (tertiary alicyclic amines) is 1. The molecular weight excluding hydrogens is 302 g/mol. The molecule has 4 saturated carbocycles. The second-order valence-corrected chi connectivity index (χ2v) is 8.76. The van der Waals surface area contributed by atoms with Crippen molar-refractivity contribution in [2.24, 2.45) is 29.6 Å². The first-order valence-corrected chi connectivity index (χ1v) is 9.76. The number of rotatable bonds is 2. The van der Waals surface area contributed by atoms with E-state index in [2.05, 4.69) is 15.0 Å². The van der Waals surface area contributed by atoms with Crippen LogP contribution >= 0.6 is 0 Å². The molecule has 0 N–H and O–H groups in total. The second kappa shape index (κ2) is 5.57. The number of carbonyl (C=O) groups excluding carboxylic acids is 1. The molecule has 6 rings (SSSR count). The van der Waals surface area contributed by atoms with Crippen molar-refractivity contribution >= 4 is 5.91 Å². The molecule has 130 valence electrons. The van der Waals surface area contributed by atoms with Gasteiger partial charge in [-0.15, -0.1) is 0 Å². The maximum Gasteiger partial charge on any atom is 0.231 e. The minimum Gasteiger partial charge on any atom is -0.342 e. The highest BCUT2D eigenvalue weighted by atomic mass is 16.5. The molecule has 0 unspecified atom stereocenters. The van der Waals surface area contributed by atoms with Crippen molar-refractivity contribution in [1.82, 2.24) is 15.0 Å². The Bertz CT molecular complexity index is 612. The van der Waals surface area contributed by atoms with E-state index < -0.39 is 0 Å². The lowest BCUT2D eigenvalue weighted by Crippen LogP contribution is -2.53. The van der Waals surface area contributed by atoms with Gasteiger partial charge < -0.3 is 9.42 Å². The molecule has 1 aliphatic heterocycles. The van der Waals surface area contributed by atoms with Gasteiger partial charge in [-0.1, -0.05) is 5.16 Å². The van der Waals surface area contributed by atoms with Crippen LogP contribution in [0, 0.1) is 36.5 Å². The van der Waals surface area contributed by atoms with E-state index in [1.807, 2.05) is 6.92 Å². The Hall–Kier alpha value is -1.39. The van der Waals surface area contributed by atoms with E-state index >= 15 is 0 Å². The van der Waals surface area contributed by atoms with E-state index in [0.29, 0.717) is 29.5 Å². The highest BCUT2D eigenvalue weighted by molar-refractivity contribution is 5.80. The summed E-state index contributed by atoms with van der Waals surface area (Å²) in [6, 6.07) is 0. The topological polar surface area (TPSA) is 59.2 Å². The SMILES string of the molecule is Cc1noc([C@@H]2CCCN(C(=O)C3C4CC5CC(C4)CC3C5)C2)n1. The smallest absolute Gasteiger partial charge is 0.231 e. The zero-order valence-electron chi connectivity index (χ0n) is 14.5. The predicted octanol–water partition coefficient (Wildman–Crippen LogP) is 3.16. The standard InChI is InChI=1S/C19H27N3O2/c1-11-20-18(24-21-11)14-3-2-4-22(10-14)19(23)17-15-6-12-5-13(8-15)9-16(17)7-12/h12-17H,2-10H2,1H3/t12?,13?,14-,15?,16?,17?/m1/s1. The summed E-state index contributed by atoms with van der Waals surface area (Å²) in [4.78, 5) is 19.9. The summed E-state index contributed by atoms with van der Waals surface area (Å²) in [6.45, 7) is 3.53. The summed E-state index contributed by atoms with van der Waals surface area (Å²) in [7, 11) is 0. The third kappa shape index (κ3) is 2.39. The van der Waals surface area contributed by atoms with Gasteiger partial charge in [0, 0.05) is 19.0 Å². The Morgan fingerprint density at radius 3 is 2.46 bits per heavy atom. The van der Waals surface area contributed by atoms with Crippen molar-refractivity contribution < 1.29 is 9.32 Å². The van der Waals surface area contributed by atoms with Crippen molar-refractivity contribution in [3.63, 3.8) is 0 Å². The van der Waals surface area contributed by atoms with Gasteiger partial charge >= 0.3 is 0 Å². The average Bonchev–Trinajstić information content (AvgIpc) is 3.00. The molecular formula is C19H27N3O2. The number of hydrogen-bond donors (Lipinski definition) is 0. The van der Waals surface area contributed by atoms with Crippen molar-refractivity contribution in [2.45, 2.75) is 57.8 Å². The van der Waals surface area contributed by atoms with Crippen molar-refractivity contribution in [2.75, 3.05) is 13.1 Å². The Kier molecular flexibility index (Phi) is 3.46. The molecule has 0 spiro atoms. The molecule has 24 heavy (non-hydrogen) atoms. The number of piperidine rings is 1. The first-order valence-electron chi connectivity index (χ1n) is 9.76. The first-order chi connectivity index (χ1) is 11.7. The minimum absolute atomic E-state index is 0.223. The third-order valence-corrected chi connectivity index (χ3v) is 7.14. The molecule has 5 nitrogen and oxygen atoms in total. The van der Waals surface area contributed by atoms with Gasteiger partial charge in [0.05, 0.1) is 5.92 Å². The van der Waals surface area contributed by atoms with Gasteiger partial charge in [-0.3, -0.25) is 4.79 Å². The van der Waals surface area contributed by atoms with Gasteiger partial charge in [0.2, 0.25) is 11.8 Å². The van der Waals surface area contributed by atoms with Crippen molar-refractivity contribution in [3.8, 4) is 0 Å². The number of amides is 1. The van der Waals surface area contributed by atoms with Crippen LogP contribution in [0.5, 0.6) is 0 Å². The van der Waals surface area contributed by atoms with Gasteiger partial charge in [0.1, 0.15) is 0 Å². The summed E-state index contributed by atoms with van der Waals surface area (Å²) < 4.78 is 5.37. The lowest BCUT2D eigenvalue weighted by atomic mass is 9.51. The summed E-state index contributed by atoms with van der Waals surface area (Å²) in [5.74, 6) is 5.55. The molecule has 2 heterocycles. The number of aromatic nitrogens is 2. The van der Waals surface area contributed by atoms with Crippen LogP contribution in [0.4, 0.5) is 0 Å². The fourth-order valence-corrected chi connectivity index (χ4v) is 6.40. The molecule has 1 amide bonds. The molecule has 1 aromatic heterocycles. The molecule has 4 aliphatic carbocycles. The zero-order chi connectivity index (χ0) is 16.3. The van der Waals surface area contributed by atoms with Crippen LogP contribution in [0.3, 0.4) is 0 Å². The molecule has 0 radical (unpaired) electrons. The van der Waals surface area contributed by atoms with Crippen LogP contribution in [0.1, 0.15) is 62.6 Å². The Labute approximate surface area is 143 Å². The average molecular weight is 329 g/mol. The largest absolute Gasteiger partial charge is 0.342 e. The molecule has 5 aliphatic rings. The molecule has 4 bridgehead atoms. The third-order valence-electron chi connectivity index (χ3n) is 7.14. The molecule has 5 fully saturated rings. The number of carbonyl (C=O) groups is 1. The number of hydrogen-bond acceptors (Lipinski definition) is 4. The van der Waals surface area contributed by atoms with E-state index in [-0.39, 0.29) is 5.92 Å². The number of aryl methyl sites for hydroxylation is 1. The Morgan fingerprint density at radius 1 is 1.12 bits per heavy atom. The summed E-state index contributed by atoms with van der Waals surface area (Å²) in [5.41, 5.74) is 0. The van der Waals surface area contributed by atoms with Gasteiger partial charge in [0.25, 0.3) is 0 Å². The molecule has 5 heteroatoms. The van der Waals surface area contributed by atoms with Crippen molar-refractivity contribution in [1.29, 1.82) is 0 Å². The summed E-state index contributed by atoms with van der Waals surface area (Å²) in [5, 5.41) is 3.92. The molecule has 1 atom stereocenters. The van der Waals surface area contributed by atoms with Crippen LogP contribution < -0.4 is 0 Å². The molecule has 1 saturated heterocycles. The molecule has 1 aromatic rings. The maximum absolute atomic E-state index is 13.3. The van der Waals surface area contributed by atoms with Crippen LogP contribution in [-0.2, 0) is 4.79 Å². The second-order valence-electron chi connectivity index (χ2n) is 8.76.